The van der Waals surface area contributed by atoms with Gasteiger partial charge < -0.3 is 15.4 Å². The number of carbonyl (C=O) groups excluding carboxylic acids is 1. The van der Waals surface area contributed by atoms with E-state index in [4.69, 9.17) is 4.74 Å². The summed E-state index contributed by atoms with van der Waals surface area (Å²) < 4.78 is 28.2. The standard InChI is InChI=1S/C16H24N2O4S.ClH/c1-23(20,21)15-5-3-14(4-6-15)22-11-10-18-16(19)7-2-13-8-9-17-12-13;/h3-6,13,17H,2,7-12H2,1H3,(H,18,19);1H. The Labute approximate surface area is 149 Å². The fraction of sp³-hybridized carbons (Fsp3) is 0.562. The van der Waals surface area contributed by atoms with Crippen LogP contribution in [0.25, 0.3) is 0 Å². The van der Waals surface area contributed by atoms with Gasteiger partial charge in [0.2, 0.25) is 5.91 Å². The van der Waals surface area contributed by atoms with Crippen LogP contribution in [0.4, 0.5) is 0 Å². The highest BCUT2D eigenvalue weighted by Crippen LogP contribution is 2.16. The largest absolute Gasteiger partial charge is 0.492 e. The van der Waals surface area contributed by atoms with E-state index in [1.165, 1.54) is 18.4 Å². The third-order valence-corrected chi connectivity index (χ3v) is 5.02. The minimum atomic E-state index is -3.19. The number of amides is 1. The van der Waals surface area contributed by atoms with Gasteiger partial charge in [0.25, 0.3) is 0 Å². The molecule has 6 nitrogen and oxygen atoms in total. The molecule has 0 aliphatic carbocycles. The Morgan fingerprint density at radius 3 is 2.62 bits per heavy atom. The summed E-state index contributed by atoms with van der Waals surface area (Å²) in [7, 11) is -3.19. The molecule has 2 N–H and O–H groups in total. The number of hydrogen-bond donors (Lipinski definition) is 2. The maximum atomic E-state index is 11.7. The van der Waals surface area contributed by atoms with Crippen molar-refractivity contribution in [3.63, 3.8) is 0 Å². The highest BCUT2D eigenvalue weighted by molar-refractivity contribution is 7.90. The summed E-state index contributed by atoms with van der Waals surface area (Å²) >= 11 is 0. The highest BCUT2D eigenvalue weighted by Gasteiger charge is 2.15. The first-order valence-electron chi connectivity index (χ1n) is 7.85. The molecule has 0 radical (unpaired) electrons. The molecule has 1 unspecified atom stereocenters. The van der Waals surface area contributed by atoms with Crippen LogP contribution in [0, 0.1) is 5.92 Å². The van der Waals surface area contributed by atoms with E-state index < -0.39 is 9.84 Å². The number of carbonyl (C=O) groups is 1. The molecule has 0 saturated carbocycles. The third kappa shape index (κ3) is 7.07. The molecule has 0 aromatic heterocycles. The monoisotopic (exact) mass is 376 g/mol. The van der Waals surface area contributed by atoms with Crippen molar-refractivity contribution < 1.29 is 17.9 Å². The van der Waals surface area contributed by atoms with Crippen LogP contribution in [0.1, 0.15) is 19.3 Å². The summed E-state index contributed by atoms with van der Waals surface area (Å²) in [6, 6.07) is 6.26. The van der Waals surface area contributed by atoms with Gasteiger partial charge in [-0.2, -0.15) is 0 Å². The topological polar surface area (TPSA) is 84.5 Å². The average Bonchev–Trinajstić information content (AvgIpc) is 3.02. The van der Waals surface area contributed by atoms with E-state index in [1.54, 1.807) is 12.1 Å². The summed E-state index contributed by atoms with van der Waals surface area (Å²) in [5.74, 6) is 1.25. The summed E-state index contributed by atoms with van der Waals surface area (Å²) in [6.07, 6.45) is 3.79. The molecule has 8 heteroatoms. The third-order valence-electron chi connectivity index (χ3n) is 3.89. The number of ether oxygens (including phenoxy) is 1. The average molecular weight is 377 g/mol. The Balaban J connectivity index is 0.00000288. The van der Waals surface area contributed by atoms with Gasteiger partial charge in [-0.05, 0) is 56.1 Å². The lowest BCUT2D eigenvalue weighted by Crippen LogP contribution is -2.28. The number of sulfone groups is 1. The zero-order valence-electron chi connectivity index (χ0n) is 13.8. The number of benzene rings is 1. The molecule has 1 heterocycles. The van der Waals surface area contributed by atoms with Crippen LogP contribution in [-0.4, -0.2) is 46.8 Å². The van der Waals surface area contributed by atoms with E-state index in [9.17, 15) is 13.2 Å². The molecular weight excluding hydrogens is 352 g/mol. The van der Waals surface area contributed by atoms with E-state index in [-0.39, 0.29) is 23.2 Å². The van der Waals surface area contributed by atoms with E-state index in [0.29, 0.717) is 31.2 Å². The molecule has 1 aliphatic heterocycles. The van der Waals surface area contributed by atoms with Crippen LogP contribution in [0.5, 0.6) is 5.75 Å². The van der Waals surface area contributed by atoms with Gasteiger partial charge in [-0.3, -0.25) is 4.79 Å². The maximum absolute atomic E-state index is 11.7. The normalized spacial score (nSPS) is 17.1. The second kappa shape index (κ2) is 9.86. The molecule has 0 spiro atoms. The molecule has 1 fully saturated rings. The smallest absolute Gasteiger partial charge is 0.220 e. The lowest BCUT2D eigenvalue weighted by atomic mass is 10.0. The molecule has 0 bridgehead atoms. The summed E-state index contributed by atoms with van der Waals surface area (Å²) in [5.41, 5.74) is 0. The molecular formula is C16H25ClN2O4S. The Hall–Kier alpha value is -1.31. The molecule has 1 aromatic rings. The molecule has 1 amide bonds. The number of nitrogens with one attached hydrogen (secondary N) is 2. The van der Waals surface area contributed by atoms with Crippen molar-refractivity contribution in [2.75, 3.05) is 32.5 Å². The number of rotatable bonds is 8. The van der Waals surface area contributed by atoms with Crippen molar-refractivity contribution in [1.29, 1.82) is 0 Å². The molecule has 1 atom stereocenters. The van der Waals surface area contributed by atoms with Crippen LogP contribution in [-0.2, 0) is 14.6 Å². The number of halogens is 1. The molecule has 1 saturated heterocycles. The van der Waals surface area contributed by atoms with Crippen LogP contribution >= 0.6 is 12.4 Å². The summed E-state index contributed by atoms with van der Waals surface area (Å²) in [5, 5.41) is 6.12. The second-order valence-electron chi connectivity index (χ2n) is 5.84. The van der Waals surface area contributed by atoms with E-state index in [2.05, 4.69) is 10.6 Å². The minimum absolute atomic E-state index is 0. The Morgan fingerprint density at radius 1 is 1.33 bits per heavy atom. The van der Waals surface area contributed by atoms with E-state index in [1.807, 2.05) is 0 Å². The van der Waals surface area contributed by atoms with Gasteiger partial charge in [0, 0.05) is 12.7 Å². The highest BCUT2D eigenvalue weighted by atomic mass is 35.5. The van der Waals surface area contributed by atoms with E-state index in [0.717, 1.165) is 25.9 Å². The van der Waals surface area contributed by atoms with Gasteiger partial charge in [0.05, 0.1) is 11.4 Å². The van der Waals surface area contributed by atoms with Gasteiger partial charge in [0.1, 0.15) is 12.4 Å². The fourth-order valence-corrected chi connectivity index (χ4v) is 3.16. The first-order valence-corrected chi connectivity index (χ1v) is 9.74. The molecule has 1 aromatic carbocycles. The van der Waals surface area contributed by atoms with Crippen molar-refractivity contribution in [2.24, 2.45) is 5.92 Å². The second-order valence-corrected chi connectivity index (χ2v) is 7.86. The number of hydrogen-bond acceptors (Lipinski definition) is 5. The Morgan fingerprint density at radius 2 is 2.04 bits per heavy atom. The molecule has 1 aliphatic rings. The van der Waals surface area contributed by atoms with Crippen LogP contribution in [0.15, 0.2) is 29.2 Å². The Kier molecular flexibility index (Phi) is 8.52. The van der Waals surface area contributed by atoms with Crippen LogP contribution < -0.4 is 15.4 Å². The molecule has 24 heavy (non-hydrogen) atoms. The Bertz CT molecular complexity index is 613. The van der Waals surface area contributed by atoms with Gasteiger partial charge >= 0.3 is 0 Å². The molecule has 136 valence electrons. The van der Waals surface area contributed by atoms with Gasteiger partial charge in [-0.25, -0.2) is 8.42 Å². The van der Waals surface area contributed by atoms with Crippen LogP contribution in [0.3, 0.4) is 0 Å². The zero-order chi connectivity index (χ0) is 16.7. The van der Waals surface area contributed by atoms with Crippen LogP contribution in [0.2, 0.25) is 0 Å². The van der Waals surface area contributed by atoms with Crippen molar-refractivity contribution >= 4 is 28.2 Å². The maximum Gasteiger partial charge on any atom is 0.220 e. The minimum Gasteiger partial charge on any atom is -0.492 e. The quantitative estimate of drug-likeness (QED) is 0.670. The van der Waals surface area contributed by atoms with E-state index >= 15 is 0 Å². The summed E-state index contributed by atoms with van der Waals surface area (Å²) in [4.78, 5) is 12.0. The zero-order valence-corrected chi connectivity index (χ0v) is 15.4. The first-order chi connectivity index (χ1) is 10.9. The van der Waals surface area contributed by atoms with Crippen molar-refractivity contribution in [2.45, 2.75) is 24.2 Å². The van der Waals surface area contributed by atoms with Crippen molar-refractivity contribution in [3.8, 4) is 5.75 Å². The molecule has 2 rings (SSSR count). The SMILES string of the molecule is CS(=O)(=O)c1ccc(OCCNC(=O)CCC2CCNC2)cc1.Cl. The summed E-state index contributed by atoms with van der Waals surface area (Å²) in [6.45, 7) is 2.86. The van der Waals surface area contributed by atoms with Gasteiger partial charge in [-0.15, -0.1) is 12.4 Å². The van der Waals surface area contributed by atoms with Crippen molar-refractivity contribution in [1.82, 2.24) is 10.6 Å². The fourth-order valence-electron chi connectivity index (χ4n) is 2.53. The van der Waals surface area contributed by atoms with Gasteiger partial charge in [-0.1, -0.05) is 0 Å². The lowest BCUT2D eigenvalue weighted by Gasteiger charge is -2.10. The lowest BCUT2D eigenvalue weighted by molar-refractivity contribution is -0.121. The first kappa shape index (κ1) is 20.7. The van der Waals surface area contributed by atoms with Gasteiger partial charge in [0.15, 0.2) is 9.84 Å². The predicted octanol–water partition coefficient (Wildman–Crippen LogP) is 1.40. The predicted molar refractivity (Wildman–Crippen MR) is 95.5 cm³/mol. The van der Waals surface area contributed by atoms with Crippen molar-refractivity contribution in [3.05, 3.63) is 24.3 Å².